The van der Waals surface area contributed by atoms with E-state index in [1.165, 1.54) is 0 Å². The van der Waals surface area contributed by atoms with Crippen LogP contribution in [0.2, 0.25) is 0 Å². The first kappa shape index (κ1) is 13.8. The topological polar surface area (TPSA) is 74.0 Å². The van der Waals surface area contributed by atoms with E-state index in [0.29, 0.717) is 14.6 Å². The molecule has 0 bridgehead atoms. The number of aryl methyl sites for hydroxylation is 2. The van der Waals surface area contributed by atoms with Gasteiger partial charge in [0.1, 0.15) is 10.7 Å². The third kappa shape index (κ3) is 2.29. The molecule has 1 heterocycles. The highest BCUT2D eigenvalue weighted by Crippen LogP contribution is 2.29. The number of hydrogen-bond donors (Lipinski definition) is 2. The summed E-state index contributed by atoms with van der Waals surface area (Å²) in [6, 6.07) is 6.03. The molecular weight excluding hydrogens is 278 g/mol. The number of rotatable bonds is 3. The van der Waals surface area contributed by atoms with Crippen molar-refractivity contribution in [3.05, 3.63) is 38.2 Å². The van der Waals surface area contributed by atoms with Crippen LogP contribution >= 0.6 is 23.6 Å². The maximum Gasteiger partial charge on any atom is 0.262 e. The highest BCUT2D eigenvalue weighted by molar-refractivity contribution is 7.73. The smallest absolute Gasteiger partial charge is 0.262 e. The summed E-state index contributed by atoms with van der Waals surface area (Å²) in [6.07, 6.45) is 0.861. The minimum atomic E-state index is -0.543. The second-order valence-electron chi connectivity index (χ2n) is 4.22. The van der Waals surface area contributed by atoms with Gasteiger partial charge in [-0.1, -0.05) is 36.5 Å². The number of anilines is 1. The number of hydrogen-bond acceptors (Lipinski definition) is 4. The fourth-order valence-corrected chi connectivity index (χ4v) is 3.29. The normalized spacial score (nSPS) is 10.6. The van der Waals surface area contributed by atoms with Crippen molar-refractivity contribution < 1.29 is 4.79 Å². The average Bonchev–Trinajstić information content (AvgIpc) is 2.65. The molecule has 0 spiro atoms. The first-order chi connectivity index (χ1) is 8.97. The van der Waals surface area contributed by atoms with E-state index in [2.05, 4.69) is 6.92 Å². The van der Waals surface area contributed by atoms with Crippen molar-refractivity contribution in [1.82, 2.24) is 4.57 Å². The number of primary amides is 1. The molecule has 6 heteroatoms. The van der Waals surface area contributed by atoms with Crippen molar-refractivity contribution in [2.75, 3.05) is 5.73 Å². The fourth-order valence-electron chi connectivity index (χ4n) is 2.10. The van der Waals surface area contributed by atoms with Gasteiger partial charge in [-0.2, -0.15) is 0 Å². The summed E-state index contributed by atoms with van der Waals surface area (Å²) in [5.74, 6) is -0.217. The number of nitrogens with zero attached hydrogens (tertiary/aromatic N) is 1. The van der Waals surface area contributed by atoms with Gasteiger partial charge < -0.3 is 11.5 Å². The minimum Gasteiger partial charge on any atom is -0.383 e. The lowest BCUT2D eigenvalue weighted by atomic mass is 10.1. The zero-order valence-corrected chi connectivity index (χ0v) is 12.4. The van der Waals surface area contributed by atoms with Gasteiger partial charge in [0.2, 0.25) is 0 Å². The third-order valence-corrected chi connectivity index (χ3v) is 4.40. The summed E-state index contributed by atoms with van der Waals surface area (Å²) < 4.78 is 2.28. The number of carbonyl (C=O) groups excluding carboxylic acids is 1. The number of nitrogens with two attached hydrogens (primary N) is 2. The molecule has 0 radical (unpaired) electrons. The van der Waals surface area contributed by atoms with Crippen molar-refractivity contribution in [1.29, 1.82) is 0 Å². The lowest BCUT2D eigenvalue weighted by Crippen LogP contribution is -2.13. The highest BCUT2D eigenvalue weighted by atomic mass is 32.1. The molecule has 100 valence electrons. The summed E-state index contributed by atoms with van der Waals surface area (Å²) in [5, 5.41) is 0. The standard InChI is InChI=1S/C13H15N3OS2/c1-3-8-6-4-5-7(2)9(8)16-11(14)10(12(15)17)19-13(16)18/h4-6H,3,14H2,1-2H3,(H2,15,17). The predicted molar refractivity (Wildman–Crippen MR) is 81.5 cm³/mol. The van der Waals surface area contributed by atoms with Crippen LogP contribution in [0.1, 0.15) is 27.7 Å². The van der Waals surface area contributed by atoms with E-state index in [-0.39, 0.29) is 0 Å². The van der Waals surface area contributed by atoms with Crippen LogP contribution in [0.25, 0.3) is 5.69 Å². The quantitative estimate of drug-likeness (QED) is 0.855. The van der Waals surface area contributed by atoms with Gasteiger partial charge in [-0.05, 0) is 36.7 Å². The molecule has 1 aromatic carbocycles. The molecule has 0 fully saturated rings. The molecule has 0 saturated heterocycles. The summed E-state index contributed by atoms with van der Waals surface area (Å²) in [5.41, 5.74) is 14.5. The van der Waals surface area contributed by atoms with Gasteiger partial charge in [0.05, 0.1) is 5.69 Å². The summed E-state index contributed by atoms with van der Waals surface area (Å²) in [4.78, 5) is 11.7. The van der Waals surface area contributed by atoms with Crippen molar-refractivity contribution >= 4 is 35.3 Å². The molecule has 0 aliphatic heterocycles. The molecule has 0 aliphatic rings. The molecule has 4 nitrogen and oxygen atoms in total. The van der Waals surface area contributed by atoms with Crippen LogP contribution in [-0.2, 0) is 6.42 Å². The van der Waals surface area contributed by atoms with Gasteiger partial charge in [0.15, 0.2) is 3.95 Å². The number of para-hydroxylation sites is 1. The van der Waals surface area contributed by atoms with Gasteiger partial charge in [0, 0.05) is 0 Å². The summed E-state index contributed by atoms with van der Waals surface area (Å²) in [7, 11) is 0. The first-order valence-electron chi connectivity index (χ1n) is 5.87. The Labute approximate surface area is 120 Å². The zero-order chi connectivity index (χ0) is 14.2. The van der Waals surface area contributed by atoms with Crippen LogP contribution in [0.4, 0.5) is 5.82 Å². The van der Waals surface area contributed by atoms with Crippen molar-refractivity contribution in [2.45, 2.75) is 20.3 Å². The second-order valence-corrected chi connectivity index (χ2v) is 5.86. The maximum absolute atomic E-state index is 11.4. The van der Waals surface area contributed by atoms with Crippen LogP contribution in [0, 0.1) is 10.9 Å². The average molecular weight is 293 g/mol. The Hall–Kier alpha value is -1.66. The Morgan fingerprint density at radius 2 is 2.16 bits per heavy atom. The molecule has 0 atom stereocenters. The number of aromatic nitrogens is 1. The number of carbonyl (C=O) groups is 1. The number of benzene rings is 1. The van der Waals surface area contributed by atoms with E-state index < -0.39 is 5.91 Å². The van der Waals surface area contributed by atoms with E-state index in [9.17, 15) is 4.79 Å². The van der Waals surface area contributed by atoms with E-state index >= 15 is 0 Å². The molecule has 4 N–H and O–H groups in total. The Morgan fingerprint density at radius 1 is 1.47 bits per heavy atom. The predicted octanol–water partition coefficient (Wildman–Crippen LogP) is 2.82. The van der Waals surface area contributed by atoms with Crippen LogP contribution < -0.4 is 11.5 Å². The second kappa shape index (κ2) is 5.14. The molecule has 1 amide bonds. The van der Waals surface area contributed by atoms with Crippen molar-refractivity contribution in [3.8, 4) is 5.69 Å². The molecule has 0 saturated carbocycles. The van der Waals surface area contributed by atoms with Crippen LogP contribution in [0.3, 0.4) is 0 Å². The van der Waals surface area contributed by atoms with Crippen LogP contribution in [0.15, 0.2) is 18.2 Å². The molecule has 0 aliphatic carbocycles. The Balaban J connectivity index is 2.80. The van der Waals surface area contributed by atoms with Gasteiger partial charge in [-0.15, -0.1) is 0 Å². The van der Waals surface area contributed by atoms with Gasteiger partial charge in [0.25, 0.3) is 5.91 Å². The summed E-state index contributed by atoms with van der Waals surface area (Å²) in [6.45, 7) is 4.07. The summed E-state index contributed by atoms with van der Waals surface area (Å²) >= 11 is 6.47. The van der Waals surface area contributed by atoms with E-state index in [4.69, 9.17) is 23.7 Å². The van der Waals surface area contributed by atoms with Crippen molar-refractivity contribution in [3.63, 3.8) is 0 Å². The number of amides is 1. The van der Waals surface area contributed by atoms with E-state index in [1.807, 2.05) is 25.1 Å². The lowest BCUT2D eigenvalue weighted by Gasteiger charge is -2.14. The Bertz CT molecular complexity index is 700. The number of thiazole rings is 1. The SMILES string of the molecule is CCc1cccc(C)c1-n1c(N)c(C(N)=O)sc1=S. The van der Waals surface area contributed by atoms with E-state index in [1.54, 1.807) is 4.57 Å². The number of nitrogen functional groups attached to an aromatic ring is 1. The molecule has 2 aromatic rings. The lowest BCUT2D eigenvalue weighted by molar-refractivity contribution is 0.100. The Morgan fingerprint density at radius 3 is 2.68 bits per heavy atom. The zero-order valence-electron chi connectivity index (χ0n) is 10.8. The molecular formula is C13H15N3OS2. The maximum atomic E-state index is 11.4. The fraction of sp³-hybridized carbons (Fsp3) is 0.231. The monoisotopic (exact) mass is 293 g/mol. The van der Waals surface area contributed by atoms with Gasteiger partial charge in [-0.3, -0.25) is 9.36 Å². The molecule has 2 rings (SSSR count). The third-order valence-electron chi connectivity index (χ3n) is 3.00. The molecule has 1 aromatic heterocycles. The van der Waals surface area contributed by atoms with Gasteiger partial charge in [-0.25, -0.2) is 0 Å². The van der Waals surface area contributed by atoms with Gasteiger partial charge >= 0.3 is 0 Å². The Kier molecular flexibility index (Phi) is 3.73. The van der Waals surface area contributed by atoms with Crippen LogP contribution in [-0.4, -0.2) is 10.5 Å². The van der Waals surface area contributed by atoms with E-state index in [0.717, 1.165) is 34.6 Å². The minimum absolute atomic E-state index is 0.315. The van der Waals surface area contributed by atoms with Crippen LogP contribution in [0.5, 0.6) is 0 Å². The highest BCUT2D eigenvalue weighted by Gasteiger charge is 2.18. The molecule has 0 unspecified atom stereocenters. The van der Waals surface area contributed by atoms with Crippen molar-refractivity contribution in [2.24, 2.45) is 5.73 Å². The largest absolute Gasteiger partial charge is 0.383 e. The molecule has 19 heavy (non-hydrogen) atoms. The first-order valence-corrected chi connectivity index (χ1v) is 7.09.